The van der Waals surface area contributed by atoms with Gasteiger partial charge in [-0.15, -0.1) is 0 Å². The molecule has 1 saturated carbocycles. The SMILES string of the molecule is CN1CCC(Oc2ccc(-c3n[nH]c4ccc(CC(=O)C(c5ccsc5)C5CCCC5)cc34)cc2)CC1. The van der Waals surface area contributed by atoms with Crippen LogP contribution >= 0.6 is 11.3 Å². The molecule has 0 radical (unpaired) electrons. The van der Waals surface area contributed by atoms with Crippen molar-refractivity contribution < 1.29 is 9.53 Å². The Balaban J connectivity index is 1.20. The molecular formula is C31H35N3O2S. The number of ether oxygens (including phenoxy) is 1. The van der Waals surface area contributed by atoms with Crippen molar-refractivity contribution >= 4 is 28.0 Å². The monoisotopic (exact) mass is 513 g/mol. The number of benzene rings is 2. The van der Waals surface area contributed by atoms with E-state index in [0.29, 0.717) is 18.1 Å². The molecule has 1 saturated heterocycles. The summed E-state index contributed by atoms with van der Waals surface area (Å²) in [6.45, 7) is 2.17. The number of carbonyl (C=O) groups excluding carboxylic acids is 1. The van der Waals surface area contributed by atoms with Crippen LogP contribution in [0.5, 0.6) is 5.75 Å². The molecule has 2 fully saturated rings. The number of ketones is 1. The first-order chi connectivity index (χ1) is 18.1. The zero-order chi connectivity index (χ0) is 25.2. The molecule has 2 aromatic heterocycles. The summed E-state index contributed by atoms with van der Waals surface area (Å²) in [5, 5.41) is 13.1. The third-order valence-electron chi connectivity index (χ3n) is 8.22. The van der Waals surface area contributed by atoms with Gasteiger partial charge in [-0.25, -0.2) is 0 Å². The van der Waals surface area contributed by atoms with Crippen molar-refractivity contribution in [1.82, 2.24) is 15.1 Å². The molecule has 4 aromatic rings. The number of thiophene rings is 1. The van der Waals surface area contributed by atoms with E-state index in [9.17, 15) is 4.79 Å². The van der Waals surface area contributed by atoms with Crippen molar-refractivity contribution in [3.63, 3.8) is 0 Å². The van der Waals surface area contributed by atoms with Crippen LogP contribution in [0.25, 0.3) is 22.2 Å². The Bertz CT molecular complexity index is 1330. The minimum absolute atomic E-state index is 0.0189. The van der Waals surface area contributed by atoms with Gasteiger partial charge >= 0.3 is 0 Å². The molecule has 192 valence electrons. The number of aromatic nitrogens is 2. The molecule has 1 aliphatic carbocycles. The fraction of sp³-hybridized carbons (Fsp3) is 0.419. The largest absolute Gasteiger partial charge is 0.490 e. The number of carbonyl (C=O) groups is 1. The number of H-pyrrole nitrogens is 1. The van der Waals surface area contributed by atoms with Gasteiger partial charge in [0.15, 0.2) is 0 Å². The Kier molecular flexibility index (Phi) is 7.12. The first-order valence-electron chi connectivity index (χ1n) is 13.6. The van der Waals surface area contributed by atoms with Crippen LogP contribution in [0.4, 0.5) is 0 Å². The van der Waals surface area contributed by atoms with Crippen LogP contribution in [0.2, 0.25) is 0 Å². The molecule has 0 spiro atoms. The summed E-state index contributed by atoms with van der Waals surface area (Å²) in [6.07, 6.45) is 7.69. The summed E-state index contributed by atoms with van der Waals surface area (Å²) in [5.74, 6) is 1.75. The Morgan fingerprint density at radius 3 is 2.59 bits per heavy atom. The van der Waals surface area contributed by atoms with Gasteiger partial charge in [0.2, 0.25) is 0 Å². The van der Waals surface area contributed by atoms with E-state index in [1.165, 1.54) is 18.4 Å². The van der Waals surface area contributed by atoms with Crippen LogP contribution in [0, 0.1) is 5.92 Å². The highest BCUT2D eigenvalue weighted by atomic mass is 32.1. The number of rotatable bonds is 8. The molecular weight excluding hydrogens is 478 g/mol. The fourth-order valence-electron chi connectivity index (χ4n) is 6.15. The highest BCUT2D eigenvalue weighted by Gasteiger charge is 2.32. The van der Waals surface area contributed by atoms with Gasteiger partial charge in [0.05, 0.1) is 11.2 Å². The number of nitrogens with zero attached hydrogens (tertiary/aromatic N) is 2. The standard InChI is InChI=1S/C31H35N3O2S/c1-34-15-12-26(13-16-34)36-25-9-7-23(8-10-25)31-27-18-21(6-11-28(27)32-33-31)19-29(35)30(22-4-2-3-5-22)24-14-17-37-20-24/h6-11,14,17-18,20,22,26,30H,2-5,12-13,15-16,19H2,1H3,(H,32,33). The average Bonchev–Trinajstić information content (AvgIpc) is 3.69. The van der Waals surface area contributed by atoms with Crippen LogP contribution in [0.3, 0.4) is 0 Å². The number of hydrogen-bond donors (Lipinski definition) is 1. The predicted molar refractivity (Wildman–Crippen MR) is 150 cm³/mol. The van der Waals surface area contributed by atoms with Crippen molar-refractivity contribution in [3.8, 4) is 17.0 Å². The molecule has 37 heavy (non-hydrogen) atoms. The molecule has 0 bridgehead atoms. The molecule has 3 heterocycles. The number of likely N-dealkylation sites (tertiary alicyclic amines) is 1. The average molecular weight is 514 g/mol. The molecule has 6 heteroatoms. The molecule has 1 unspecified atom stereocenters. The van der Waals surface area contributed by atoms with Crippen molar-refractivity contribution in [2.45, 2.75) is 57.0 Å². The third kappa shape index (κ3) is 5.36. The van der Waals surface area contributed by atoms with Crippen LogP contribution < -0.4 is 4.74 Å². The lowest BCUT2D eigenvalue weighted by Crippen LogP contribution is -2.35. The number of hydrogen-bond acceptors (Lipinski definition) is 5. The first-order valence-corrected chi connectivity index (χ1v) is 14.6. The quantitative estimate of drug-likeness (QED) is 0.280. The maximum Gasteiger partial charge on any atom is 0.145 e. The van der Waals surface area contributed by atoms with Crippen LogP contribution in [-0.2, 0) is 11.2 Å². The van der Waals surface area contributed by atoms with Crippen LogP contribution in [0.1, 0.15) is 55.6 Å². The van der Waals surface area contributed by atoms with Gasteiger partial charge in [-0.05, 0) is 103 Å². The van der Waals surface area contributed by atoms with E-state index in [-0.39, 0.29) is 12.0 Å². The van der Waals surface area contributed by atoms with Gasteiger partial charge in [-0.3, -0.25) is 9.89 Å². The highest BCUT2D eigenvalue weighted by molar-refractivity contribution is 7.08. The predicted octanol–water partition coefficient (Wildman–Crippen LogP) is 6.85. The van der Waals surface area contributed by atoms with Gasteiger partial charge < -0.3 is 9.64 Å². The van der Waals surface area contributed by atoms with E-state index in [1.54, 1.807) is 11.3 Å². The molecule has 1 N–H and O–H groups in total. The number of aromatic amines is 1. The normalized spacial score (nSPS) is 18.4. The van der Waals surface area contributed by atoms with Crippen LogP contribution in [-0.4, -0.2) is 47.1 Å². The zero-order valence-electron chi connectivity index (χ0n) is 21.5. The number of fused-ring (bicyclic) bond motifs is 1. The summed E-state index contributed by atoms with van der Waals surface area (Å²) in [5.41, 5.74) is 5.21. The lowest BCUT2D eigenvalue weighted by Gasteiger charge is -2.29. The molecule has 1 aliphatic heterocycles. The van der Waals surface area contributed by atoms with Gasteiger partial charge in [0, 0.05) is 36.4 Å². The lowest BCUT2D eigenvalue weighted by molar-refractivity contribution is -0.121. The Morgan fingerprint density at radius 2 is 1.86 bits per heavy atom. The number of nitrogens with one attached hydrogen (secondary N) is 1. The minimum Gasteiger partial charge on any atom is -0.490 e. The Morgan fingerprint density at radius 1 is 1.08 bits per heavy atom. The first kappa shape index (κ1) is 24.4. The summed E-state index contributed by atoms with van der Waals surface area (Å²) in [6, 6.07) is 16.7. The van der Waals surface area contributed by atoms with Gasteiger partial charge in [-0.2, -0.15) is 16.4 Å². The summed E-state index contributed by atoms with van der Waals surface area (Å²) in [7, 11) is 2.16. The summed E-state index contributed by atoms with van der Waals surface area (Å²) >= 11 is 1.69. The van der Waals surface area contributed by atoms with Crippen LogP contribution in [0.15, 0.2) is 59.3 Å². The second-order valence-electron chi connectivity index (χ2n) is 10.8. The molecule has 5 nitrogen and oxygen atoms in total. The van der Waals surface area contributed by atoms with E-state index in [0.717, 1.165) is 72.2 Å². The van der Waals surface area contributed by atoms with Crippen molar-refractivity contribution in [3.05, 3.63) is 70.4 Å². The number of piperidine rings is 1. The molecule has 2 aromatic carbocycles. The zero-order valence-corrected chi connectivity index (χ0v) is 22.3. The van der Waals surface area contributed by atoms with Crippen molar-refractivity contribution in [2.24, 2.45) is 5.92 Å². The Hall–Kier alpha value is -2.96. The molecule has 1 atom stereocenters. The lowest BCUT2D eigenvalue weighted by atomic mass is 9.81. The van der Waals surface area contributed by atoms with E-state index in [1.807, 2.05) is 0 Å². The van der Waals surface area contributed by atoms with Gasteiger partial charge in [-0.1, -0.05) is 18.9 Å². The van der Waals surface area contributed by atoms with E-state index < -0.39 is 0 Å². The van der Waals surface area contributed by atoms with E-state index in [2.05, 4.69) is 81.4 Å². The van der Waals surface area contributed by atoms with Gasteiger partial charge in [0.25, 0.3) is 0 Å². The summed E-state index contributed by atoms with van der Waals surface area (Å²) < 4.78 is 6.23. The maximum atomic E-state index is 13.6. The van der Waals surface area contributed by atoms with Crippen molar-refractivity contribution in [1.29, 1.82) is 0 Å². The fourth-order valence-corrected chi connectivity index (χ4v) is 6.85. The number of Topliss-reactive ketones (excluding diaryl/α,β-unsaturated/α-hetero) is 1. The topological polar surface area (TPSA) is 58.2 Å². The van der Waals surface area contributed by atoms with Crippen molar-refractivity contribution in [2.75, 3.05) is 20.1 Å². The maximum absolute atomic E-state index is 13.6. The second kappa shape index (κ2) is 10.8. The smallest absolute Gasteiger partial charge is 0.145 e. The Labute approximate surface area is 222 Å². The second-order valence-corrected chi connectivity index (χ2v) is 11.6. The highest BCUT2D eigenvalue weighted by Crippen LogP contribution is 2.39. The minimum atomic E-state index is 0.0189. The van der Waals surface area contributed by atoms with Gasteiger partial charge in [0.1, 0.15) is 17.6 Å². The van der Waals surface area contributed by atoms with E-state index in [4.69, 9.17) is 4.74 Å². The third-order valence-corrected chi connectivity index (χ3v) is 8.92. The molecule has 2 aliphatic rings. The summed E-state index contributed by atoms with van der Waals surface area (Å²) in [4.78, 5) is 16.0. The molecule has 0 amide bonds. The molecule has 6 rings (SSSR count). The van der Waals surface area contributed by atoms with E-state index >= 15 is 0 Å².